The molecule has 152 valence electrons. The van der Waals surface area contributed by atoms with E-state index in [1.165, 1.54) is 0 Å². The first-order valence-electron chi connectivity index (χ1n) is 7.96. The Morgan fingerprint density at radius 3 is 2.69 bits per heavy atom. The molecule has 3 aromatic rings. The Morgan fingerprint density at radius 1 is 1.24 bits per heavy atom. The van der Waals surface area contributed by atoms with E-state index in [0.29, 0.717) is 6.07 Å². The van der Waals surface area contributed by atoms with Crippen LogP contribution in [0.15, 0.2) is 24.4 Å². The van der Waals surface area contributed by atoms with Crippen LogP contribution in [-0.4, -0.2) is 42.3 Å². The van der Waals surface area contributed by atoms with Gasteiger partial charge in [0.2, 0.25) is 5.82 Å². The first-order valence-corrected chi connectivity index (χ1v) is 8.34. The van der Waals surface area contributed by atoms with Crippen molar-refractivity contribution >= 4 is 17.6 Å². The summed E-state index contributed by atoms with van der Waals surface area (Å²) in [7, 11) is 0. The highest BCUT2D eigenvalue weighted by atomic mass is 35.5. The molecule has 0 saturated carbocycles. The number of carboxylic acids is 1. The highest BCUT2D eigenvalue weighted by Gasteiger charge is 2.19. The summed E-state index contributed by atoms with van der Waals surface area (Å²) in [4.78, 5) is 15.2. The van der Waals surface area contributed by atoms with Gasteiger partial charge >= 0.3 is 5.97 Å². The Hall–Kier alpha value is -3.25. The van der Waals surface area contributed by atoms with E-state index in [1.807, 2.05) is 0 Å². The van der Waals surface area contributed by atoms with Crippen LogP contribution in [0.2, 0.25) is 5.02 Å². The number of nitrogens with two attached hydrogens (primary N) is 1. The maximum atomic E-state index is 14.4. The first kappa shape index (κ1) is 20.5. The minimum atomic E-state index is -1.10. The topological polar surface area (TPSA) is 129 Å². The number of aliphatic carboxylic acids is 1. The molecule has 2 aromatic heterocycles. The molecule has 1 aromatic carbocycles. The van der Waals surface area contributed by atoms with Crippen LogP contribution in [-0.2, 0) is 11.3 Å². The lowest BCUT2D eigenvalue weighted by Crippen LogP contribution is -2.30. The molecule has 0 saturated heterocycles. The minimum absolute atomic E-state index is 0.00841. The lowest BCUT2D eigenvalue weighted by molar-refractivity contribution is -0.137. The second kappa shape index (κ2) is 8.41. The number of rotatable bonds is 7. The molecular formula is C16H12ClF3N6O3. The number of carboxylic acid groups (broad SMARTS) is 1. The van der Waals surface area contributed by atoms with E-state index in [-0.39, 0.29) is 29.4 Å². The van der Waals surface area contributed by atoms with Crippen LogP contribution >= 0.6 is 11.6 Å². The summed E-state index contributed by atoms with van der Waals surface area (Å²) >= 11 is 5.57. The third-order valence-electron chi connectivity index (χ3n) is 3.53. The van der Waals surface area contributed by atoms with Crippen LogP contribution in [0.1, 0.15) is 6.42 Å². The van der Waals surface area contributed by atoms with E-state index in [1.54, 1.807) is 0 Å². The number of carbonyl (C=O) groups is 1. The molecular weight excluding hydrogens is 417 g/mol. The number of hydrogen-bond acceptors (Lipinski definition) is 7. The van der Waals surface area contributed by atoms with Gasteiger partial charge in [0, 0.05) is 18.3 Å². The highest BCUT2D eigenvalue weighted by Crippen LogP contribution is 2.31. The number of aromatic nitrogens is 5. The van der Waals surface area contributed by atoms with Gasteiger partial charge in [-0.05, 0) is 17.3 Å². The van der Waals surface area contributed by atoms with Crippen molar-refractivity contribution in [3.63, 3.8) is 0 Å². The molecule has 0 amide bonds. The number of halogens is 4. The Labute approximate surface area is 165 Å². The van der Waals surface area contributed by atoms with Gasteiger partial charge in [0.25, 0.3) is 5.88 Å². The van der Waals surface area contributed by atoms with Crippen molar-refractivity contribution < 1.29 is 27.8 Å². The van der Waals surface area contributed by atoms with Gasteiger partial charge in [-0.2, -0.15) is 4.80 Å². The van der Waals surface area contributed by atoms with Gasteiger partial charge in [-0.25, -0.2) is 18.2 Å². The fourth-order valence-corrected chi connectivity index (χ4v) is 2.43. The second-order valence-electron chi connectivity index (χ2n) is 5.83. The van der Waals surface area contributed by atoms with Gasteiger partial charge < -0.3 is 15.6 Å². The largest absolute Gasteiger partial charge is 0.481 e. The zero-order chi connectivity index (χ0) is 21.1. The van der Waals surface area contributed by atoms with Crippen molar-refractivity contribution in [1.29, 1.82) is 0 Å². The number of nitrogens with zero attached hydrogens (tertiary/aromatic N) is 5. The van der Waals surface area contributed by atoms with Crippen LogP contribution in [0, 0.1) is 17.5 Å². The lowest BCUT2D eigenvalue weighted by atomic mass is 10.2. The molecule has 0 aliphatic heterocycles. The molecule has 0 radical (unpaired) electrons. The molecule has 2 heterocycles. The monoisotopic (exact) mass is 428 g/mol. The normalized spacial score (nSPS) is 12.0. The van der Waals surface area contributed by atoms with Crippen LogP contribution < -0.4 is 10.5 Å². The molecule has 1 atom stereocenters. The molecule has 0 aliphatic carbocycles. The number of hydrogen-bond donors (Lipinski definition) is 2. The Balaban J connectivity index is 1.81. The number of benzene rings is 1. The average molecular weight is 429 g/mol. The summed E-state index contributed by atoms with van der Waals surface area (Å²) in [6.07, 6.45) is 0.751. The summed E-state index contributed by atoms with van der Waals surface area (Å²) in [5.74, 6) is -5.52. The molecule has 0 bridgehead atoms. The summed E-state index contributed by atoms with van der Waals surface area (Å²) in [6.45, 7) is -0.0912. The SMILES string of the molecule is N[C@@H](CC(=O)O)Cn1nnc(-c2cc(F)c(Oc3ncc(Cl)cc3F)cc2F)n1. The molecule has 13 heteroatoms. The molecule has 29 heavy (non-hydrogen) atoms. The highest BCUT2D eigenvalue weighted by molar-refractivity contribution is 6.30. The van der Waals surface area contributed by atoms with E-state index in [2.05, 4.69) is 20.4 Å². The molecule has 0 unspecified atom stereocenters. The van der Waals surface area contributed by atoms with E-state index < -0.39 is 41.1 Å². The summed E-state index contributed by atoms with van der Waals surface area (Å²) in [5.41, 5.74) is 5.28. The predicted octanol–water partition coefficient (Wildman–Crippen LogP) is 2.40. The van der Waals surface area contributed by atoms with Crippen molar-refractivity contribution in [1.82, 2.24) is 25.2 Å². The standard InChI is InChI=1S/C16H12ClF3N6O3/c17-7-1-12(20)16(22-5-7)29-13-4-10(18)9(3-11(13)19)15-23-25-26(24-15)6-8(21)2-14(27)28/h1,3-5,8H,2,6,21H2,(H,27,28)/t8-/m0/s1. The molecule has 9 nitrogen and oxygen atoms in total. The van der Waals surface area contributed by atoms with Crippen LogP contribution in [0.5, 0.6) is 11.6 Å². The third-order valence-corrected chi connectivity index (χ3v) is 3.74. The maximum absolute atomic E-state index is 14.4. The van der Waals surface area contributed by atoms with Crippen molar-refractivity contribution in [2.45, 2.75) is 19.0 Å². The molecule has 0 aliphatic rings. The summed E-state index contributed by atoms with van der Waals surface area (Å²) in [6, 6.07) is 1.53. The van der Waals surface area contributed by atoms with Gasteiger partial charge in [-0.15, -0.1) is 10.2 Å². The number of pyridine rings is 1. The van der Waals surface area contributed by atoms with E-state index in [4.69, 9.17) is 27.2 Å². The molecule has 3 rings (SSSR count). The van der Waals surface area contributed by atoms with Gasteiger partial charge in [-0.1, -0.05) is 11.6 Å². The van der Waals surface area contributed by atoms with Crippen molar-refractivity contribution in [2.75, 3.05) is 0 Å². The zero-order valence-electron chi connectivity index (χ0n) is 14.4. The van der Waals surface area contributed by atoms with Crippen molar-refractivity contribution in [3.05, 3.63) is 46.9 Å². The quantitative estimate of drug-likeness (QED) is 0.587. The smallest absolute Gasteiger partial charge is 0.304 e. The molecule has 3 N–H and O–H groups in total. The van der Waals surface area contributed by atoms with Crippen molar-refractivity contribution in [3.8, 4) is 23.0 Å². The fourth-order valence-electron chi connectivity index (χ4n) is 2.29. The Kier molecular flexibility index (Phi) is 5.94. The molecule has 0 spiro atoms. The van der Waals surface area contributed by atoms with Crippen LogP contribution in [0.4, 0.5) is 13.2 Å². The van der Waals surface area contributed by atoms with Gasteiger partial charge in [0.15, 0.2) is 17.4 Å². The van der Waals surface area contributed by atoms with Crippen LogP contribution in [0.25, 0.3) is 11.4 Å². The van der Waals surface area contributed by atoms with Gasteiger partial charge in [0.1, 0.15) is 5.82 Å². The predicted molar refractivity (Wildman–Crippen MR) is 92.7 cm³/mol. The average Bonchev–Trinajstić information content (AvgIpc) is 3.07. The second-order valence-corrected chi connectivity index (χ2v) is 6.27. The first-order chi connectivity index (χ1) is 13.7. The van der Waals surface area contributed by atoms with E-state index >= 15 is 0 Å². The number of tetrazole rings is 1. The number of ether oxygens (including phenoxy) is 1. The molecule has 0 fully saturated rings. The Bertz CT molecular complexity index is 1060. The van der Waals surface area contributed by atoms with E-state index in [9.17, 15) is 18.0 Å². The van der Waals surface area contributed by atoms with E-state index in [0.717, 1.165) is 23.1 Å². The maximum Gasteiger partial charge on any atom is 0.304 e. The third kappa shape index (κ3) is 4.97. The fraction of sp³-hybridized carbons (Fsp3) is 0.188. The van der Waals surface area contributed by atoms with Gasteiger partial charge in [0.05, 0.1) is 23.6 Å². The van der Waals surface area contributed by atoms with Gasteiger partial charge in [-0.3, -0.25) is 4.79 Å². The Morgan fingerprint density at radius 2 is 2.00 bits per heavy atom. The van der Waals surface area contributed by atoms with Crippen molar-refractivity contribution in [2.24, 2.45) is 5.73 Å². The summed E-state index contributed by atoms with van der Waals surface area (Å²) < 4.78 is 47.5. The van der Waals surface area contributed by atoms with Crippen LogP contribution in [0.3, 0.4) is 0 Å². The zero-order valence-corrected chi connectivity index (χ0v) is 15.1. The summed E-state index contributed by atoms with van der Waals surface area (Å²) in [5, 5.41) is 19.8. The minimum Gasteiger partial charge on any atom is -0.481 e. The lowest BCUT2D eigenvalue weighted by Gasteiger charge is -2.08.